The normalized spacial score (nSPS) is 18.6. The molecular formula is C17H18F4N2O4. The van der Waals surface area contributed by atoms with Gasteiger partial charge in [0.1, 0.15) is 18.1 Å². The summed E-state index contributed by atoms with van der Waals surface area (Å²) in [4.78, 5) is 24.7. The van der Waals surface area contributed by atoms with Crippen LogP contribution < -0.4 is 15.0 Å². The number of amides is 1. The highest BCUT2D eigenvalue weighted by atomic mass is 19.4. The molecule has 0 saturated carbocycles. The van der Waals surface area contributed by atoms with Crippen molar-refractivity contribution in [2.24, 2.45) is 0 Å². The molecule has 0 unspecified atom stereocenters. The largest absolute Gasteiger partial charge is 0.482 e. The quantitative estimate of drug-likeness (QED) is 0.629. The van der Waals surface area contributed by atoms with Gasteiger partial charge < -0.3 is 19.7 Å². The van der Waals surface area contributed by atoms with Crippen LogP contribution in [0.4, 0.5) is 23.2 Å². The number of methoxy groups -OCH3 is 1. The van der Waals surface area contributed by atoms with Crippen LogP contribution in [0.3, 0.4) is 0 Å². The van der Waals surface area contributed by atoms with E-state index in [0.29, 0.717) is 18.0 Å². The molecule has 27 heavy (non-hydrogen) atoms. The lowest BCUT2D eigenvalue weighted by Crippen LogP contribution is -2.49. The summed E-state index contributed by atoms with van der Waals surface area (Å²) in [6.45, 7) is -1.26. The molecule has 1 aromatic carbocycles. The lowest BCUT2D eigenvalue weighted by molar-refractivity contribution is -0.142. The Morgan fingerprint density at radius 2 is 1.96 bits per heavy atom. The van der Waals surface area contributed by atoms with Crippen LogP contribution in [0.5, 0.6) is 5.75 Å². The molecule has 6 nitrogen and oxygen atoms in total. The maximum absolute atomic E-state index is 14.9. The highest BCUT2D eigenvalue weighted by Gasteiger charge is 2.54. The van der Waals surface area contributed by atoms with Gasteiger partial charge in [0.15, 0.2) is 6.61 Å². The van der Waals surface area contributed by atoms with E-state index in [1.165, 1.54) is 6.07 Å². The molecule has 1 fully saturated rings. The van der Waals surface area contributed by atoms with Crippen LogP contribution in [0.2, 0.25) is 0 Å². The SMILES string of the molecule is COC(=O)COc1cc(F)c2c(c1)N(CC(F)(F)F)C(=O)C21CCNCC1. The first-order chi connectivity index (χ1) is 12.7. The van der Waals surface area contributed by atoms with E-state index in [-0.39, 0.29) is 29.8 Å². The van der Waals surface area contributed by atoms with Crippen molar-refractivity contribution in [1.82, 2.24) is 5.32 Å². The fraction of sp³-hybridized carbons (Fsp3) is 0.529. The maximum Gasteiger partial charge on any atom is 0.406 e. The second kappa shape index (κ2) is 6.99. The molecule has 1 saturated heterocycles. The molecule has 2 aliphatic heterocycles. The van der Waals surface area contributed by atoms with Crippen LogP contribution in [-0.4, -0.2) is 51.4 Å². The van der Waals surface area contributed by atoms with Gasteiger partial charge in [0, 0.05) is 17.7 Å². The fourth-order valence-corrected chi connectivity index (χ4v) is 3.67. The number of anilines is 1. The molecular weight excluding hydrogens is 372 g/mol. The van der Waals surface area contributed by atoms with Crippen molar-refractivity contribution < 1.29 is 36.6 Å². The van der Waals surface area contributed by atoms with Crippen LogP contribution in [0.25, 0.3) is 0 Å². The maximum atomic E-state index is 14.9. The second-order valence-corrected chi connectivity index (χ2v) is 6.50. The molecule has 3 rings (SSSR count). The average Bonchev–Trinajstić information content (AvgIpc) is 2.82. The zero-order chi connectivity index (χ0) is 19.8. The van der Waals surface area contributed by atoms with Gasteiger partial charge in [-0.3, -0.25) is 4.79 Å². The summed E-state index contributed by atoms with van der Waals surface area (Å²) in [6, 6.07) is 2.15. The van der Waals surface area contributed by atoms with E-state index in [1.807, 2.05) is 0 Å². The number of piperidine rings is 1. The number of fused-ring (bicyclic) bond motifs is 2. The average molecular weight is 390 g/mol. The summed E-state index contributed by atoms with van der Waals surface area (Å²) < 4.78 is 63.5. The van der Waals surface area contributed by atoms with Gasteiger partial charge in [-0.1, -0.05) is 0 Å². The Morgan fingerprint density at radius 1 is 1.30 bits per heavy atom. The Kier molecular flexibility index (Phi) is 5.02. The third-order valence-electron chi connectivity index (χ3n) is 4.85. The van der Waals surface area contributed by atoms with E-state index < -0.39 is 42.4 Å². The zero-order valence-corrected chi connectivity index (χ0v) is 14.5. The van der Waals surface area contributed by atoms with Crippen LogP contribution in [0.1, 0.15) is 18.4 Å². The van der Waals surface area contributed by atoms with Crippen LogP contribution in [0.15, 0.2) is 12.1 Å². The molecule has 10 heteroatoms. The van der Waals surface area contributed by atoms with Gasteiger partial charge in [0.05, 0.1) is 18.2 Å². The Hall–Kier alpha value is -2.36. The highest BCUT2D eigenvalue weighted by Crippen LogP contribution is 2.50. The summed E-state index contributed by atoms with van der Waals surface area (Å²) in [5.41, 5.74) is -1.53. The number of carbonyl (C=O) groups is 2. The lowest BCUT2D eigenvalue weighted by atomic mass is 9.74. The molecule has 1 amide bonds. The van der Waals surface area contributed by atoms with Gasteiger partial charge in [-0.2, -0.15) is 13.2 Å². The van der Waals surface area contributed by atoms with E-state index in [9.17, 15) is 27.2 Å². The van der Waals surface area contributed by atoms with E-state index in [1.54, 1.807) is 0 Å². The number of alkyl halides is 3. The first-order valence-corrected chi connectivity index (χ1v) is 8.31. The Balaban J connectivity index is 2.04. The molecule has 0 bridgehead atoms. The summed E-state index contributed by atoms with van der Waals surface area (Å²) >= 11 is 0. The predicted molar refractivity (Wildman–Crippen MR) is 86.1 cm³/mol. The second-order valence-electron chi connectivity index (χ2n) is 6.50. The molecule has 148 valence electrons. The third kappa shape index (κ3) is 3.58. The number of ether oxygens (including phenoxy) is 2. The molecule has 0 aromatic heterocycles. The molecule has 1 aromatic rings. The first-order valence-electron chi connectivity index (χ1n) is 8.31. The van der Waals surface area contributed by atoms with Crippen molar-refractivity contribution in [2.45, 2.75) is 24.4 Å². The minimum absolute atomic E-state index is 0.0383. The van der Waals surface area contributed by atoms with Crippen molar-refractivity contribution in [1.29, 1.82) is 0 Å². The minimum Gasteiger partial charge on any atom is -0.482 e. The van der Waals surface area contributed by atoms with Crippen molar-refractivity contribution in [3.63, 3.8) is 0 Å². The molecule has 1 N–H and O–H groups in total. The first kappa shape index (κ1) is 19.4. The van der Waals surface area contributed by atoms with Gasteiger partial charge >= 0.3 is 12.1 Å². The van der Waals surface area contributed by atoms with Gasteiger partial charge in [-0.05, 0) is 25.9 Å². The molecule has 0 atom stereocenters. The third-order valence-corrected chi connectivity index (χ3v) is 4.85. The molecule has 0 aliphatic carbocycles. The number of carbonyl (C=O) groups excluding carboxylic acids is 2. The molecule has 1 spiro atoms. The predicted octanol–water partition coefficient (Wildman–Crippen LogP) is 1.91. The number of hydrogen-bond acceptors (Lipinski definition) is 5. The van der Waals surface area contributed by atoms with Crippen molar-refractivity contribution in [2.75, 3.05) is 38.3 Å². The Bertz CT molecular complexity index is 760. The summed E-state index contributed by atoms with van der Waals surface area (Å²) in [6.07, 6.45) is -4.25. The smallest absolute Gasteiger partial charge is 0.406 e. The lowest BCUT2D eigenvalue weighted by Gasteiger charge is -2.33. The summed E-state index contributed by atoms with van der Waals surface area (Å²) in [7, 11) is 1.14. The molecule has 0 radical (unpaired) electrons. The number of benzene rings is 1. The van der Waals surface area contributed by atoms with Crippen molar-refractivity contribution in [3.05, 3.63) is 23.5 Å². The Labute approximate surface area is 152 Å². The van der Waals surface area contributed by atoms with Crippen LogP contribution in [0, 0.1) is 5.82 Å². The number of hydrogen-bond donors (Lipinski definition) is 1. The van der Waals surface area contributed by atoms with Gasteiger partial charge in [-0.15, -0.1) is 0 Å². The van der Waals surface area contributed by atoms with Gasteiger partial charge in [0.2, 0.25) is 5.91 Å². The fourth-order valence-electron chi connectivity index (χ4n) is 3.67. The monoisotopic (exact) mass is 390 g/mol. The molecule has 2 heterocycles. The number of halogens is 4. The summed E-state index contributed by atoms with van der Waals surface area (Å²) in [5.74, 6) is -2.47. The van der Waals surface area contributed by atoms with Crippen LogP contribution in [-0.2, 0) is 19.7 Å². The van der Waals surface area contributed by atoms with Crippen LogP contribution >= 0.6 is 0 Å². The van der Waals surface area contributed by atoms with E-state index >= 15 is 0 Å². The Morgan fingerprint density at radius 3 is 2.56 bits per heavy atom. The van der Waals surface area contributed by atoms with E-state index in [0.717, 1.165) is 13.2 Å². The van der Waals surface area contributed by atoms with Gasteiger partial charge in [-0.25, -0.2) is 9.18 Å². The molecule has 2 aliphatic rings. The number of nitrogens with zero attached hydrogens (tertiary/aromatic N) is 1. The van der Waals surface area contributed by atoms with Crippen molar-refractivity contribution in [3.8, 4) is 5.75 Å². The summed E-state index contributed by atoms with van der Waals surface area (Å²) in [5, 5.41) is 3.03. The highest BCUT2D eigenvalue weighted by molar-refractivity contribution is 6.08. The minimum atomic E-state index is -4.65. The number of rotatable bonds is 4. The van der Waals surface area contributed by atoms with Crippen molar-refractivity contribution >= 4 is 17.6 Å². The zero-order valence-electron chi connectivity index (χ0n) is 14.5. The van der Waals surface area contributed by atoms with E-state index in [2.05, 4.69) is 10.1 Å². The standard InChI is InChI=1S/C17H18F4N2O4/c1-26-13(24)8-27-10-6-11(18)14-12(7-10)23(9-17(19,20)21)15(25)16(14)2-4-22-5-3-16/h6-7,22H,2-5,8-9H2,1H3. The van der Waals surface area contributed by atoms with E-state index in [4.69, 9.17) is 4.74 Å². The number of nitrogens with one attached hydrogen (secondary N) is 1. The van der Waals surface area contributed by atoms with Gasteiger partial charge in [0.25, 0.3) is 0 Å². The number of esters is 1. The topological polar surface area (TPSA) is 67.9 Å².